The van der Waals surface area contributed by atoms with Gasteiger partial charge >= 0.3 is 0 Å². The van der Waals surface area contributed by atoms with Crippen LogP contribution < -0.4 is 0 Å². The van der Waals surface area contributed by atoms with Gasteiger partial charge in [-0.2, -0.15) is 0 Å². The van der Waals surface area contributed by atoms with Crippen LogP contribution in [-0.2, 0) is 0 Å². The van der Waals surface area contributed by atoms with Crippen LogP contribution in [0.2, 0.25) is 0 Å². The van der Waals surface area contributed by atoms with Crippen LogP contribution in [-0.4, -0.2) is 24.5 Å². The Morgan fingerprint density at radius 2 is 1.73 bits per heavy atom. The van der Waals surface area contributed by atoms with Gasteiger partial charge in [0, 0.05) is 6.54 Å². The maximum atomic E-state index is 5.17. The Hall–Kier alpha value is -0.920. The van der Waals surface area contributed by atoms with Gasteiger partial charge in [0.05, 0.1) is 13.1 Å². The zero-order valence-corrected chi connectivity index (χ0v) is 7.14. The standard InChI is InChI=1S/C10H15N/c1-4-7-10-11(8-5-2)9-6-3/h2-3H,4,7-10H2,1H3. The fourth-order valence-electron chi connectivity index (χ4n) is 0.854. The van der Waals surface area contributed by atoms with E-state index in [0.29, 0.717) is 13.1 Å². The molecule has 0 aromatic rings. The van der Waals surface area contributed by atoms with Crippen molar-refractivity contribution in [3.63, 3.8) is 0 Å². The molecule has 0 aromatic carbocycles. The van der Waals surface area contributed by atoms with E-state index in [1.807, 2.05) is 0 Å². The monoisotopic (exact) mass is 149 g/mol. The molecule has 0 unspecified atom stereocenters. The van der Waals surface area contributed by atoms with E-state index in [-0.39, 0.29) is 0 Å². The number of rotatable bonds is 5. The number of hydrogen-bond donors (Lipinski definition) is 0. The molecule has 60 valence electrons. The van der Waals surface area contributed by atoms with E-state index in [4.69, 9.17) is 12.8 Å². The van der Waals surface area contributed by atoms with Crippen LogP contribution >= 0.6 is 0 Å². The maximum absolute atomic E-state index is 5.17. The lowest BCUT2D eigenvalue weighted by atomic mass is 10.3. The van der Waals surface area contributed by atoms with Crippen molar-refractivity contribution in [2.24, 2.45) is 0 Å². The zero-order valence-electron chi connectivity index (χ0n) is 7.14. The second-order valence-corrected chi connectivity index (χ2v) is 2.47. The Bertz CT molecular complexity index is 143. The van der Waals surface area contributed by atoms with Crippen molar-refractivity contribution in [1.82, 2.24) is 4.90 Å². The van der Waals surface area contributed by atoms with Crippen molar-refractivity contribution in [3.8, 4) is 24.7 Å². The summed E-state index contributed by atoms with van der Waals surface area (Å²) in [6.45, 7) is 4.52. The van der Waals surface area contributed by atoms with Gasteiger partial charge in [0.15, 0.2) is 0 Å². The first-order valence-electron chi connectivity index (χ1n) is 3.94. The first-order chi connectivity index (χ1) is 5.35. The van der Waals surface area contributed by atoms with Gasteiger partial charge in [-0.1, -0.05) is 25.2 Å². The molecule has 0 N–H and O–H groups in total. The van der Waals surface area contributed by atoms with Gasteiger partial charge in [-0.25, -0.2) is 0 Å². The minimum absolute atomic E-state index is 0.671. The number of terminal acetylenes is 2. The van der Waals surface area contributed by atoms with Gasteiger partial charge in [0.1, 0.15) is 0 Å². The van der Waals surface area contributed by atoms with Gasteiger partial charge in [-0.15, -0.1) is 12.8 Å². The number of nitrogens with zero attached hydrogens (tertiary/aromatic N) is 1. The SMILES string of the molecule is C#CCN(CC#C)CCCC. The Morgan fingerprint density at radius 1 is 1.18 bits per heavy atom. The summed E-state index contributed by atoms with van der Waals surface area (Å²) in [7, 11) is 0. The molecule has 0 aliphatic carbocycles. The quantitative estimate of drug-likeness (QED) is 0.533. The molecule has 0 rings (SSSR count). The number of hydrogen-bond acceptors (Lipinski definition) is 1. The molecule has 1 nitrogen and oxygen atoms in total. The van der Waals surface area contributed by atoms with E-state index in [1.54, 1.807) is 0 Å². The summed E-state index contributed by atoms with van der Waals surface area (Å²) < 4.78 is 0. The highest BCUT2D eigenvalue weighted by molar-refractivity contribution is 4.94. The third-order valence-corrected chi connectivity index (χ3v) is 1.46. The molecule has 11 heavy (non-hydrogen) atoms. The summed E-state index contributed by atoms with van der Waals surface area (Å²) in [5, 5.41) is 0. The lowest BCUT2D eigenvalue weighted by Gasteiger charge is -2.15. The summed E-state index contributed by atoms with van der Waals surface area (Å²) in [6.07, 6.45) is 12.7. The summed E-state index contributed by atoms with van der Waals surface area (Å²) in [5.74, 6) is 5.18. The van der Waals surface area contributed by atoms with Gasteiger partial charge in [0.2, 0.25) is 0 Å². The molecule has 0 saturated carbocycles. The molecule has 0 bridgehead atoms. The minimum Gasteiger partial charge on any atom is -0.281 e. The Morgan fingerprint density at radius 3 is 2.09 bits per heavy atom. The van der Waals surface area contributed by atoms with E-state index < -0.39 is 0 Å². The molecule has 0 aliphatic heterocycles. The molecule has 1 heteroatoms. The van der Waals surface area contributed by atoms with Crippen LogP contribution in [0.3, 0.4) is 0 Å². The molecular formula is C10H15N. The molecular weight excluding hydrogens is 134 g/mol. The Balaban J connectivity index is 3.54. The lowest BCUT2D eigenvalue weighted by molar-refractivity contribution is 0.338. The van der Waals surface area contributed by atoms with Crippen LogP contribution in [0.5, 0.6) is 0 Å². The minimum atomic E-state index is 0.671. The highest BCUT2D eigenvalue weighted by Crippen LogP contribution is 1.92. The third-order valence-electron chi connectivity index (χ3n) is 1.46. The maximum Gasteiger partial charge on any atom is 0.0607 e. The first-order valence-corrected chi connectivity index (χ1v) is 3.94. The van der Waals surface area contributed by atoms with Crippen LogP contribution in [0.4, 0.5) is 0 Å². The topological polar surface area (TPSA) is 3.24 Å². The smallest absolute Gasteiger partial charge is 0.0607 e. The average Bonchev–Trinajstić information content (AvgIpc) is 2.01. The van der Waals surface area contributed by atoms with Crippen LogP contribution in [0.15, 0.2) is 0 Å². The summed E-state index contributed by atoms with van der Waals surface area (Å²) in [6, 6.07) is 0. The summed E-state index contributed by atoms with van der Waals surface area (Å²) in [5.41, 5.74) is 0. The molecule has 0 atom stereocenters. The first kappa shape index (κ1) is 10.1. The summed E-state index contributed by atoms with van der Waals surface area (Å²) in [4.78, 5) is 2.10. The van der Waals surface area contributed by atoms with Crippen LogP contribution in [0, 0.1) is 24.7 Å². The largest absolute Gasteiger partial charge is 0.281 e. The van der Waals surface area contributed by atoms with E-state index in [1.165, 1.54) is 12.8 Å². The van der Waals surface area contributed by atoms with Crippen molar-refractivity contribution in [2.75, 3.05) is 19.6 Å². The lowest BCUT2D eigenvalue weighted by Crippen LogP contribution is -2.25. The zero-order chi connectivity index (χ0) is 8.53. The van der Waals surface area contributed by atoms with Gasteiger partial charge in [-0.3, -0.25) is 4.90 Å². The van der Waals surface area contributed by atoms with E-state index in [0.717, 1.165) is 6.54 Å². The average molecular weight is 149 g/mol. The van der Waals surface area contributed by atoms with Crippen molar-refractivity contribution in [2.45, 2.75) is 19.8 Å². The van der Waals surface area contributed by atoms with E-state index >= 15 is 0 Å². The predicted molar refractivity (Wildman–Crippen MR) is 49.0 cm³/mol. The molecule has 0 aliphatic rings. The van der Waals surface area contributed by atoms with E-state index in [2.05, 4.69) is 23.7 Å². The van der Waals surface area contributed by atoms with E-state index in [9.17, 15) is 0 Å². The molecule has 0 saturated heterocycles. The molecule has 0 fully saturated rings. The Kier molecular flexibility index (Phi) is 6.59. The van der Waals surface area contributed by atoms with Crippen LogP contribution in [0.25, 0.3) is 0 Å². The fraction of sp³-hybridized carbons (Fsp3) is 0.600. The fourth-order valence-corrected chi connectivity index (χ4v) is 0.854. The number of unbranched alkanes of at least 4 members (excludes halogenated alkanes) is 1. The summed E-state index contributed by atoms with van der Waals surface area (Å²) >= 11 is 0. The second kappa shape index (κ2) is 7.19. The molecule has 0 spiro atoms. The van der Waals surface area contributed by atoms with Gasteiger partial charge in [0.25, 0.3) is 0 Å². The second-order valence-electron chi connectivity index (χ2n) is 2.47. The van der Waals surface area contributed by atoms with Crippen molar-refractivity contribution in [3.05, 3.63) is 0 Å². The normalized spacial score (nSPS) is 9.09. The molecule has 0 heterocycles. The highest BCUT2D eigenvalue weighted by Gasteiger charge is 1.98. The Labute approximate surface area is 69.8 Å². The van der Waals surface area contributed by atoms with Gasteiger partial charge in [-0.05, 0) is 6.42 Å². The third kappa shape index (κ3) is 5.52. The van der Waals surface area contributed by atoms with Crippen LogP contribution in [0.1, 0.15) is 19.8 Å². The van der Waals surface area contributed by atoms with Gasteiger partial charge < -0.3 is 0 Å². The highest BCUT2D eigenvalue weighted by atomic mass is 15.1. The van der Waals surface area contributed by atoms with Crippen molar-refractivity contribution >= 4 is 0 Å². The molecule has 0 aromatic heterocycles. The predicted octanol–water partition coefficient (Wildman–Crippen LogP) is 1.35. The van der Waals surface area contributed by atoms with Crippen molar-refractivity contribution < 1.29 is 0 Å². The van der Waals surface area contributed by atoms with Crippen molar-refractivity contribution in [1.29, 1.82) is 0 Å². The molecule has 0 radical (unpaired) electrons. The molecule has 0 amide bonds.